The highest BCUT2D eigenvalue weighted by Gasteiger charge is 2.34. The summed E-state index contributed by atoms with van der Waals surface area (Å²) in [5.74, 6) is 0.932. The van der Waals surface area contributed by atoms with Gasteiger partial charge in [-0.15, -0.1) is 0 Å². The molecule has 0 heterocycles. The van der Waals surface area contributed by atoms with Gasteiger partial charge in [-0.2, -0.15) is 11.8 Å². The van der Waals surface area contributed by atoms with E-state index in [2.05, 4.69) is 5.32 Å². The molecular formula is C14H28N2O2S. The molecule has 3 N–H and O–H groups in total. The van der Waals surface area contributed by atoms with Gasteiger partial charge in [-0.3, -0.25) is 4.79 Å². The van der Waals surface area contributed by atoms with Crippen LogP contribution in [0, 0.1) is 5.41 Å². The lowest BCUT2D eigenvalue weighted by atomic mass is 9.83. The Morgan fingerprint density at radius 2 is 2.16 bits per heavy atom. The molecule has 0 unspecified atom stereocenters. The zero-order valence-corrected chi connectivity index (χ0v) is 13.1. The van der Waals surface area contributed by atoms with E-state index in [1.54, 1.807) is 18.9 Å². The van der Waals surface area contributed by atoms with E-state index >= 15 is 0 Å². The topological polar surface area (TPSA) is 64.3 Å². The molecule has 0 radical (unpaired) electrons. The zero-order chi connectivity index (χ0) is 14.1. The van der Waals surface area contributed by atoms with Crippen LogP contribution in [0.4, 0.5) is 0 Å². The SMILES string of the molecule is COCCC1(CNC(=O)[C@@H](N)CCSC)CCCC1. The Balaban J connectivity index is 2.36. The van der Waals surface area contributed by atoms with Crippen LogP contribution in [-0.2, 0) is 9.53 Å². The molecule has 1 aliphatic carbocycles. The zero-order valence-electron chi connectivity index (χ0n) is 12.2. The number of carbonyl (C=O) groups excluding carboxylic acids is 1. The number of ether oxygens (including phenoxy) is 1. The third kappa shape index (κ3) is 5.71. The van der Waals surface area contributed by atoms with Crippen LogP contribution in [0.5, 0.6) is 0 Å². The Bertz CT molecular complexity index is 268. The second-order valence-corrected chi connectivity index (χ2v) is 6.54. The summed E-state index contributed by atoms with van der Waals surface area (Å²) in [6.45, 7) is 1.52. The summed E-state index contributed by atoms with van der Waals surface area (Å²) >= 11 is 1.72. The Kier molecular flexibility index (Phi) is 7.80. The van der Waals surface area contributed by atoms with Crippen LogP contribution >= 0.6 is 11.8 Å². The minimum atomic E-state index is -0.367. The highest BCUT2D eigenvalue weighted by atomic mass is 32.2. The molecule has 0 bridgehead atoms. The van der Waals surface area contributed by atoms with Gasteiger partial charge in [0.1, 0.15) is 0 Å². The van der Waals surface area contributed by atoms with E-state index in [-0.39, 0.29) is 17.4 Å². The second kappa shape index (κ2) is 8.82. The molecule has 0 aliphatic heterocycles. The second-order valence-electron chi connectivity index (χ2n) is 5.56. The standard InChI is InChI=1S/C14H28N2O2S/c1-18-9-8-14(6-3-4-7-14)11-16-13(17)12(15)5-10-19-2/h12H,3-11,15H2,1-2H3,(H,16,17)/t12-/m0/s1. The molecule has 0 aromatic rings. The van der Waals surface area contributed by atoms with Gasteiger partial charge in [0.05, 0.1) is 6.04 Å². The van der Waals surface area contributed by atoms with E-state index in [0.717, 1.165) is 31.7 Å². The van der Waals surface area contributed by atoms with Gasteiger partial charge in [0.25, 0.3) is 0 Å². The summed E-state index contributed by atoms with van der Waals surface area (Å²) in [7, 11) is 1.74. The van der Waals surface area contributed by atoms with Gasteiger partial charge in [-0.1, -0.05) is 12.8 Å². The number of thioether (sulfide) groups is 1. The lowest BCUT2D eigenvalue weighted by Crippen LogP contribution is -2.45. The Hall–Kier alpha value is -0.260. The van der Waals surface area contributed by atoms with Gasteiger partial charge >= 0.3 is 0 Å². The molecule has 0 aromatic carbocycles. The smallest absolute Gasteiger partial charge is 0.236 e. The van der Waals surface area contributed by atoms with Crippen molar-refractivity contribution in [2.75, 3.05) is 32.3 Å². The van der Waals surface area contributed by atoms with Crippen LogP contribution in [0.15, 0.2) is 0 Å². The minimum Gasteiger partial charge on any atom is -0.385 e. The summed E-state index contributed by atoms with van der Waals surface area (Å²) in [6, 6.07) is -0.367. The van der Waals surface area contributed by atoms with Crippen molar-refractivity contribution in [3.8, 4) is 0 Å². The fourth-order valence-electron chi connectivity index (χ4n) is 2.74. The molecule has 1 rings (SSSR count). The Morgan fingerprint density at radius 3 is 2.74 bits per heavy atom. The lowest BCUT2D eigenvalue weighted by molar-refractivity contribution is -0.123. The van der Waals surface area contributed by atoms with E-state index in [0.29, 0.717) is 0 Å². The number of hydrogen-bond acceptors (Lipinski definition) is 4. The maximum absolute atomic E-state index is 11.9. The quantitative estimate of drug-likeness (QED) is 0.679. The van der Waals surface area contributed by atoms with Crippen LogP contribution in [-0.4, -0.2) is 44.2 Å². The summed E-state index contributed by atoms with van der Waals surface area (Å²) in [5.41, 5.74) is 6.12. The molecule has 5 heteroatoms. The molecule has 1 atom stereocenters. The molecule has 0 aromatic heterocycles. The predicted octanol–water partition coefficient (Wildman–Crippen LogP) is 1.78. The van der Waals surface area contributed by atoms with Crippen molar-refractivity contribution < 1.29 is 9.53 Å². The third-order valence-electron chi connectivity index (χ3n) is 4.11. The number of amides is 1. The van der Waals surface area contributed by atoms with Crippen molar-refractivity contribution >= 4 is 17.7 Å². The van der Waals surface area contributed by atoms with Crippen LogP contribution in [0.3, 0.4) is 0 Å². The number of nitrogens with two attached hydrogens (primary N) is 1. The van der Waals surface area contributed by atoms with Crippen molar-refractivity contribution in [3.63, 3.8) is 0 Å². The normalized spacial score (nSPS) is 19.3. The van der Waals surface area contributed by atoms with E-state index in [9.17, 15) is 4.79 Å². The summed E-state index contributed by atoms with van der Waals surface area (Å²) in [6.07, 6.45) is 8.72. The van der Waals surface area contributed by atoms with Gasteiger partial charge < -0.3 is 15.8 Å². The van der Waals surface area contributed by atoms with Gasteiger partial charge in [-0.05, 0) is 43.1 Å². The highest BCUT2D eigenvalue weighted by molar-refractivity contribution is 7.98. The van der Waals surface area contributed by atoms with Crippen LogP contribution < -0.4 is 11.1 Å². The van der Waals surface area contributed by atoms with Crippen molar-refractivity contribution in [1.82, 2.24) is 5.32 Å². The van der Waals surface area contributed by atoms with Crippen LogP contribution in [0.2, 0.25) is 0 Å². The van der Waals surface area contributed by atoms with Gasteiger partial charge in [0, 0.05) is 20.3 Å². The Labute approximate surface area is 121 Å². The van der Waals surface area contributed by atoms with Gasteiger partial charge in [0.15, 0.2) is 0 Å². The van der Waals surface area contributed by atoms with Crippen molar-refractivity contribution in [1.29, 1.82) is 0 Å². The first-order chi connectivity index (χ1) is 9.13. The largest absolute Gasteiger partial charge is 0.385 e. The lowest BCUT2D eigenvalue weighted by Gasteiger charge is -2.29. The summed E-state index contributed by atoms with van der Waals surface area (Å²) in [5, 5.41) is 3.05. The first-order valence-corrected chi connectivity index (χ1v) is 8.54. The van der Waals surface area contributed by atoms with E-state index in [1.807, 2.05) is 6.26 Å². The number of methoxy groups -OCH3 is 1. The van der Waals surface area contributed by atoms with E-state index < -0.39 is 0 Å². The molecular weight excluding hydrogens is 260 g/mol. The van der Waals surface area contributed by atoms with Gasteiger partial charge in [0.2, 0.25) is 5.91 Å². The minimum absolute atomic E-state index is 0.00209. The maximum atomic E-state index is 11.9. The number of rotatable bonds is 9. The van der Waals surface area contributed by atoms with E-state index in [1.165, 1.54) is 25.7 Å². The maximum Gasteiger partial charge on any atom is 0.236 e. The fourth-order valence-corrected chi connectivity index (χ4v) is 3.23. The third-order valence-corrected chi connectivity index (χ3v) is 4.75. The molecule has 1 amide bonds. The molecule has 0 saturated heterocycles. The molecule has 1 saturated carbocycles. The first-order valence-electron chi connectivity index (χ1n) is 7.15. The Morgan fingerprint density at radius 1 is 1.47 bits per heavy atom. The summed E-state index contributed by atoms with van der Waals surface area (Å²) < 4.78 is 5.20. The molecule has 0 spiro atoms. The monoisotopic (exact) mass is 288 g/mol. The van der Waals surface area contributed by atoms with E-state index in [4.69, 9.17) is 10.5 Å². The highest BCUT2D eigenvalue weighted by Crippen LogP contribution is 2.40. The molecule has 19 heavy (non-hydrogen) atoms. The number of hydrogen-bond donors (Lipinski definition) is 2. The summed E-state index contributed by atoms with van der Waals surface area (Å²) in [4.78, 5) is 11.9. The van der Waals surface area contributed by atoms with Crippen molar-refractivity contribution in [3.05, 3.63) is 0 Å². The predicted molar refractivity (Wildman–Crippen MR) is 81.4 cm³/mol. The molecule has 1 aliphatic rings. The molecule has 1 fully saturated rings. The average molecular weight is 288 g/mol. The molecule has 4 nitrogen and oxygen atoms in total. The van der Waals surface area contributed by atoms with Crippen LogP contribution in [0.25, 0.3) is 0 Å². The number of nitrogens with one attached hydrogen (secondary N) is 1. The first kappa shape index (κ1) is 16.8. The van der Waals surface area contributed by atoms with Crippen molar-refractivity contribution in [2.24, 2.45) is 11.1 Å². The fraction of sp³-hybridized carbons (Fsp3) is 0.929. The van der Waals surface area contributed by atoms with Crippen molar-refractivity contribution in [2.45, 2.75) is 44.6 Å². The van der Waals surface area contributed by atoms with Crippen LogP contribution in [0.1, 0.15) is 38.5 Å². The number of carbonyl (C=O) groups is 1. The molecule has 112 valence electrons. The van der Waals surface area contributed by atoms with Gasteiger partial charge in [-0.25, -0.2) is 0 Å². The average Bonchev–Trinajstić information content (AvgIpc) is 2.89.